The number of nitriles is 1. The molecule has 0 amide bonds. The highest BCUT2D eigenvalue weighted by atomic mass is 35.5. The third-order valence-electron chi connectivity index (χ3n) is 2.34. The Morgan fingerprint density at radius 1 is 1.30 bits per heavy atom. The van der Waals surface area contributed by atoms with Crippen molar-refractivity contribution in [2.24, 2.45) is 0 Å². The van der Waals surface area contributed by atoms with Crippen molar-refractivity contribution in [3.05, 3.63) is 52.9 Å². The highest BCUT2D eigenvalue weighted by molar-refractivity contribution is 7.92. The molecule has 8 heteroatoms. The molecule has 0 saturated heterocycles. The van der Waals surface area contributed by atoms with Gasteiger partial charge in [-0.25, -0.2) is 17.8 Å². The molecule has 0 spiro atoms. The van der Waals surface area contributed by atoms with Crippen LogP contribution in [0.3, 0.4) is 0 Å². The summed E-state index contributed by atoms with van der Waals surface area (Å²) in [6, 6.07) is 7.69. The number of pyridine rings is 1. The van der Waals surface area contributed by atoms with Crippen LogP contribution in [-0.2, 0) is 10.0 Å². The summed E-state index contributed by atoms with van der Waals surface area (Å²) in [7, 11) is -4.11. The third-order valence-corrected chi connectivity index (χ3v) is 3.96. The fraction of sp³-hybridized carbons (Fsp3) is 0. The topological polar surface area (TPSA) is 82.8 Å². The Morgan fingerprint density at radius 3 is 2.65 bits per heavy atom. The molecule has 20 heavy (non-hydrogen) atoms. The predicted octanol–water partition coefficient (Wildman–Crippen LogP) is 2.55. The molecule has 0 aliphatic rings. The molecule has 1 heterocycles. The van der Waals surface area contributed by atoms with Crippen LogP contribution in [0, 0.1) is 17.1 Å². The fourth-order valence-corrected chi connectivity index (χ4v) is 2.75. The van der Waals surface area contributed by atoms with Gasteiger partial charge < -0.3 is 0 Å². The molecule has 0 fully saturated rings. The second kappa shape index (κ2) is 5.45. The Bertz CT molecular complexity index is 785. The maximum absolute atomic E-state index is 13.4. The number of benzene rings is 1. The highest BCUT2D eigenvalue weighted by Crippen LogP contribution is 2.21. The molecule has 0 aliphatic carbocycles. The van der Waals surface area contributed by atoms with E-state index in [9.17, 15) is 12.8 Å². The zero-order chi connectivity index (χ0) is 14.8. The number of hydrogen-bond acceptors (Lipinski definition) is 4. The molecule has 2 aromatic rings. The Hall–Kier alpha value is -2.17. The second-order valence-electron chi connectivity index (χ2n) is 3.69. The molecular formula is C12H7ClFN3O2S. The van der Waals surface area contributed by atoms with Crippen LogP contribution in [0.25, 0.3) is 0 Å². The van der Waals surface area contributed by atoms with Gasteiger partial charge in [0.1, 0.15) is 28.2 Å². The number of aromatic nitrogens is 1. The van der Waals surface area contributed by atoms with E-state index in [0.717, 1.165) is 12.1 Å². The summed E-state index contributed by atoms with van der Waals surface area (Å²) >= 11 is 5.64. The molecule has 0 atom stereocenters. The molecule has 102 valence electrons. The minimum atomic E-state index is -4.11. The average Bonchev–Trinajstić information content (AvgIpc) is 2.41. The summed E-state index contributed by atoms with van der Waals surface area (Å²) in [5, 5.41) is 9.19. The van der Waals surface area contributed by atoms with Crippen molar-refractivity contribution < 1.29 is 12.8 Å². The quantitative estimate of drug-likeness (QED) is 0.944. The third kappa shape index (κ3) is 2.87. The molecule has 1 aromatic carbocycles. The van der Waals surface area contributed by atoms with E-state index < -0.39 is 26.3 Å². The number of sulfonamides is 1. The Morgan fingerprint density at radius 2 is 2.05 bits per heavy atom. The number of rotatable bonds is 3. The van der Waals surface area contributed by atoms with Crippen LogP contribution in [0.1, 0.15) is 5.56 Å². The van der Waals surface area contributed by atoms with E-state index in [0.29, 0.717) is 5.02 Å². The van der Waals surface area contributed by atoms with Crippen molar-refractivity contribution in [3.8, 4) is 6.07 Å². The number of nitrogens with one attached hydrogen (secondary N) is 1. The number of anilines is 1. The standard InChI is InChI=1S/C12H7ClFN3O2S/c13-8-4-5-12(16-7-8)17-20(18,19)11-3-1-2-10(14)9(11)6-15/h1-5,7H,(H,16,17). The molecule has 0 bridgehead atoms. The van der Waals surface area contributed by atoms with Gasteiger partial charge in [0.05, 0.1) is 5.02 Å². The van der Waals surface area contributed by atoms with Crippen LogP contribution in [0.2, 0.25) is 5.02 Å². The van der Waals surface area contributed by atoms with Crippen molar-refractivity contribution in [2.45, 2.75) is 4.90 Å². The number of halogens is 2. The van der Waals surface area contributed by atoms with E-state index >= 15 is 0 Å². The minimum absolute atomic E-state index is 0.0163. The molecule has 0 radical (unpaired) electrons. The number of nitrogens with zero attached hydrogens (tertiary/aromatic N) is 2. The summed E-state index contributed by atoms with van der Waals surface area (Å²) < 4.78 is 39.8. The number of hydrogen-bond donors (Lipinski definition) is 1. The van der Waals surface area contributed by atoms with Crippen LogP contribution in [0.5, 0.6) is 0 Å². The van der Waals surface area contributed by atoms with Crippen LogP contribution in [-0.4, -0.2) is 13.4 Å². The first-order valence-corrected chi connectivity index (χ1v) is 7.13. The lowest BCUT2D eigenvalue weighted by Gasteiger charge is -2.08. The van der Waals surface area contributed by atoms with Gasteiger partial charge in [0.25, 0.3) is 10.0 Å². The van der Waals surface area contributed by atoms with Gasteiger partial charge in [0.2, 0.25) is 0 Å². The molecule has 0 unspecified atom stereocenters. The summed E-state index contributed by atoms with van der Waals surface area (Å²) in [5.41, 5.74) is -0.547. The van der Waals surface area contributed by atoms with Crippen molar-refractivity contribution in [1.82, 2.24) is 4.98 Å². The summed E-state index contributed by atoms with van der Waals surface area (Å²) in [4.78, 5) is 3.32. The molecule has 1 N–H and O–H groups in total. The van der Waals surface area contributed by atoms with Gasteiger partial charge in [-0.1, -0.05) is 17.7 Å². The molecule has 2 rings (SSSR count). The Kier molecular flexibility index (Phi) is 3.88. The van der Waals surface area contributed by atoms with Gasteiger partial charge >= 0.3 is 0 Å². The smallest absolute Gasteiger partial charge is 0.263 e. The van der Waals surface area contributed by atoms with E-state index in [1.165, 1.54) is 30.5 Å². The molecule has 0 saturated carbocycles. The zero-order valence-corrected chi connectivity index (χ0v) is 11.4. The molecule has 0 aliphatic heterocycles. The Balaban J connectivity index is 2.44. The van der Waals surface area contributed by atoms with E-state index in [1.54, 1.807) is 0 Å². The fourth-order valence-electron chi connectivity index (χ4n) is 1.47. The van der Waals surface area contributed by atoms with Crippen LogP contribution in [0.15, 0.2) is 41.4 Å². The largest absolute Gasteiger partial charge is 0.264 e. The van der Waals surface area contributed by atoms with Crippen molar-refractivity contribution in [2.75, 3.05) is 4.72 Å². The van der Waals surface area contributed by atoms with Gasteiger partial charge in [-0.2, -0.15) is 5.26 Å². The van der Waals surface area contributed by atoms with Gasteiger partial charge in [-0.15, -0.1) is 0 Å². The van der Waals surface area contributed by atoms with Crippen LogP contribution >= 0.6 is 11.6 Å². The first kappa shape index (κ1) is 14.2. The van der Waals surface area contributed by atoms with E-state index in [2.05, 4.69) is 9.71 Å². The lowest BCUT2D eigenvalue weighted by Crippen LogP contribution is -2.15. The summed E-state index contributed by atoms with van der Waals surface area (Å²) in [6.45, 7) is 0. The highest BCUT2D eigenvalue weighted by Gasteiger charge is 2.21. The van der Waals surface area contributed by atoms with Gasteiger partial charge in [0, 0.05) is 6.20 Å². The van der Waals surface area contributed by atoms with Gasteiger partial charge in [0.15, 0.2) is 0 Å². The minimum Gasteiger partial charge on any atom is -0.263 e. The maximum Gasteiger partial charge on any atom is 0.264 e. The lowest BCUT2D eigenvalue weighted by atomic mass is 10.2. The Labute approximate surface area is 119 Å². The van der Waals surface area contributed by atoms with Crippen molar-refractivity contribution in [1.29, 1.82) is 5.26 Å². The predicted molar refractivity (Wildman–Crippen MR) is 71.2 cm³/mol. The van der Waals surface area contributed by atoms with Gasteiger partial charge in [-0.05, 0) is 24.3 Å². The van der Waals surface area contributed by atoms with Gasteiger partial charge in [-0.3, -0.25) is 4.72 Å². The van der Waals surface area contributed by atoms with E-state index in [-0.39, 0.29) is 5.82 Å². The first-order chi connectivity index (χ1) is 9.44. The lowest BCUT2D eigenvalue weighted by molar-refractivity contribution is 0.593. The molecule has 5 nitrogen and oxygen atoms in total. The van der Waals surface area contributed by atoms with E-state index in [1.807, 2.05) is 0 Å². The maximum atomic E-state index is 13.4. The van der Waals surface area contributed by atoms with Crippen molar-refractivity contribution >= 4 is 27.4 Å². The van der Waals surface area contributed by atoms with Crippen LogP contribution < -0.4 is 4.72 Å². The van der Waals surface area contributed by atoms with Crippen LogP contribution in [0.4, 0.5) is 10.2 Å². The average molecular weight is 312 g/mol. The first-order valence-electron chi connectivity index (χ1n) is 5.27. The zero-order valence-electron chi connectivity index (χ0n) is 9.84. The second-order valence-corrected chi connectivity index (χ2v) is 5.78. The summed E-state index contributed by atoms with van der Waals surface area (Å²) in [6.07, 6.45) is 1.26. The summed E-state index contributed by atoms with van der Waals surface area (Å²) in [5.74, 6) is -0.887. The van der Waals surface area contributed by atoms with E-state index in [4.69, 9.17) is 16.9 Å². The normalized spacial score (nSPS) is 10.8. The molecular weight excluding hydrogens is 305 g/mol. The molecule has 1 aromatic heterocycles. The van der Waals surface area contributed by atoms with Crippen molar-refractivity contribution in [3.63, 3.8) is 0 Å². The SMILES string of the molecule is N#Cc1c(F)cccc1S(=O)(=O)Nc1ccc(Cl)cn1. The monoisotopic (exact) mass is 311 g/mol.